The molecule has 0 heterocycles. The molecule has 0 aliphatic heterocycles. The fourth-order valence-corrected chi connectivity index (χ4v) is 3.10. The number of nitrogens with zero attached hydrogens (tertiary/aromatic N) is 1. The highest BCUT2D eigenvalue weighted by molar-refractivity contribution is 5.78. The topological polar surface area (TPSA) is 32.3 Å². The molecule has 3 nitrogen and oxygen atoms in total. The van der Waals surface area contributed by atoms with Crippen molar-refractivity contribution in [2.75, 3.05) is 6.54 Å². The molecule has 2 rings (SSSR count). The second-order valence-electron chi connectivity index (χ2n) is 6.47. The Morgan fingerprint density at radius 3 is 2.43 bits per heavy atom. The lowest BCUT2D eigenvalue weighted by Gasteiger charge is -2.31. The largest absolute Gasteiger partial charge is 0.351 e. The maximum Gasteiger partial charge on any atom is 0.234 e. The number of hydrogen-bond acceptors (Lipinski definition) is 2. The van der Waals surface area contributed by atoms with Gasteiger partial charge in [-0.2, -0.15) is 0 Å². The first-order valence-electron chi connectivity index (χ1n) is 8.14. The van der Waals surface area contributed by atoms with E-state index in [0.717, 1.165) is 5.56 Å². The third-order valence-corrected chi connectivity index (χ3v) is 4.39. The van der Waals surface area contributed by atoms with E-state index in [0.29, 0.717) is 25.2 Å². The second-order valence-corrected chi connectivity index (χ2v) is 6.47. The summed E-state index contributed by atoms with van der Waals surface area (Å²) < 4.78 is 0. The summed E-state index contributed by atoms with van der Waals surface area (Å²) in [5.74, 6) is 0.135. The number of nitrogens with one attached hydrogen (secondary N) is 1. The van der Waals surface area contributed by atoms with Crippen molar-refractivity contribution >= 4 is 5.91 Å². The molecule has 0 atom stereocenters. The van der Waals surface area contributed by atoms with Crippen LogP contribution in [0.3, 0.4) is 0 Å². The van der Waals surface area contributed by atoms with Crippen molar-refractivity contribution in [3.8, 4) is 0 Å². The van der Waals surface area contributed by atoms with E-state index in [-0.39, 0.29) is 5.91 Å². The fourth-order valence-electron chi connectivity index (χ4n) is 3.10. The average molecular weight is 288 g/mol. The molecule has 1 saturated carbocycles. The minimum Gasteiger partial charge on any atom is -0.351 e. The van der Waals surface area contributed by atoms with Gasteiger partial charge in [0.05, 0.1) is 6.54 Å². The maximum absolute atomic E-state index is 12.2. The van der Waals surface area contributed by atoms with Crippen LogP contribution in [0.2, 0.25) is 0 Å². The van der Waals surface area contributed by atoms with Gasteiger partial charge in [-0.25, -0.2) is 0 Å². The summed E-state index contributed by atoms with van der Waals surface area (Å²) >= 11 is 0. The molecule has 1 fully saturated rings. The summed E-state index contributed by atoms with van der Waals surface area (Å²) in [6.45, 7) is 7.59. The number of hydrogen-bond donors (Lipinski definition) is 1. The first-order valence-corrected chi connectivity index (χ1v) is 8.14. The van der Waals surface area contributed by atoms with Gasteiger partial charge in [-0.05, 0) is 39.2 Å². The van der Waals surface area contributed by atoms with Gasteiger partial charge in [0.2, 0.25) is 5.91 Å². The van der Waals surface area contributed by atoms with Gasteiger partial charge < -0.3 is 5.32 Å². The Bertz CT molecular complexity index is 447. The molecule has 1 aliphatic carbocycles. The van der Waals surface area contributed by atoms with Gasteiger partial charge in [0.15, 0.2) is 0 Å². The van der Waals surface area contributed by atoms with Crippen LogP contribution in [0.25, 0.3) is 0 Å². The highest BCUT2D eigenvalue weighted by Crippen LogP contribution is 2.24. The number of amides is 1. The summed E-state index contributed by atoms with van der Waals surface area (Å²) in [5, 5.41) is 3.05. The molecule has 1 aromatic carbocycles. The van der Waals surface area contributed by atoms with E-state index in [4.69, 9.17) is 0 Å². The number of benzene rings is 1. The zero-order chi connectivity index (χ0) is 15.2. The van der Waals surface area contributed by atoms with Crippen molar-refractivity contribution in [3.63, 3.8) is 0 Å². The van der Waals surface area contributed by atoms with E-state index < -0.39 is 0 Å². The zero-order valence-electron chi connectivity index (χ0n) is 13.6. The predicted molar refractivity (Wildman–Crippen MR) is 87.1 cm³/mol. The van der Waals surface area contributed by atoms with E-state index in [1.807, 2.05) is 0 Å². The predicted octanol–water partition coefficient (Wildman–Crippen LogP) is 3.26. The molecule has 0 bridgehead atoms. The van der Waals surface area contributed by atoms with E-state index in [1.165, 1.54) is 31.2 Å². The van der Waals surface area contributed by atoms with Crippen molar-refractivity contribution in [2.24, 2.45) is 0 Å². The van der Waals surface area contributed by atoms with Gasteiger partial charge >= 0.3 is 0 Å². The van der Waals surface area contributed by atoms with Crippen LogP contribution < -0.4 is 5.32 Å². The van der Waals surface area contributed by atoms with Crippen molar-refractivity contribution in [2.45, 2.75) is 65.1 Å². The molecule has 1 N–H and O–H groups in total. The molecule has 116 valence electrons. The standard InChI is InChI=1S/C18H28N2O/c1-14(2)20(17-6-4-5-7-17)13-18(21)19-12-16-10-8-15(3)9-11-16/h8-11,14,17H,4-7,12-13H2,1-3H3,(H,19,21). The van der Waals surface area contributed by atoms with Gasteiger partial charge in [-0.15, -0.1) is 0 Å². The molecule has 21 heavy (non-hydrogen) atoms. The third-order valence-electron chi connectivity index (χ3n) is 4.39. The Morgan fingerprint density at radius 2 is 1.86 bits per heavy atom. The lowest BCUT2D eigenvalue weighted by Crippen LogP contribution is -2.45. The molecule has 0 saturated heterocycles. The maximum atomic E-state index is 12.2. The zero-order valence-corrected chi connectivity index (χ0v) is 13.6. The number of rotatable bonds is 6. The molecule has 1 aliphatic rings. The summed E-state index contributed by atoms with van der Waals surface area (Å²) in [6, 6.07) is 9.34. The summed E-state index contributed by atoms with van der Waals surface area (Å²) in [4.78, 5) is 14.6. The average Bonchev–Trinajstić information content (AvgIpc) is 2.97. The van der Waals surface area contributed by atoms with Crippen LogP contribution in [0, 0.1) is 6.92 Å². The van der Waals surface area contributed by atoms with Crippen molar-refractivity contribution in [1.82, 2.24) is 10.2 Å². The molecular weight excluding hydrogens is 260 g/mol. The monoisotopic (exact) mass is 288 g/mol. The Hall–Kier alpha value is -1.35. The fraction of sp³-hybridized carbons (Fsp3) is 0.611. The molecule has 1 aromatic rings. The first-order chi connectivity index (χ1) is 10.1. The highest BCUT2D eigenvalue weighted by atomic mass is 16.2. The molecule has 0 spiro atoms. The van der Waals surface area contributed by atoms with Gasteiger partial charge in [0, 0.05) is 18.6 Å². The second kappa shape index (κ2) is 7.60. The van der Waals surface area contributed by atoms with E-state index in [9.17, 15) is 4.79 Å². The van der Waals surface area contributed by atoms with Crippen LogP contribution in [0.15, 0.2) is 24.3 Å². The Morgan fingerprint density at radius 1 is 1.24 bits per heavy atom. The van der Waals surface area contributed by atoms with E-state index in [1.54, 1.807) is 0 Å². The number of aryl methyl sites for hydroxylation is 1. The summed E-state index contributed by atoms with van der Waals surface area (Å²) in [6.07, 6.45) is 5.09. The van der Waals surface area contributed by atoms with Crippen LogP contribution >= 0.6 is 0 Å². The number of carbonyl (C=O) groups is 1. The number of carbonyl (C=O) groups excluding carboxylic acids is 1. The van der Waals surface area contributed by atoms with Gasteiger partial charge in [-0.1, -0.05) is 42.7 Å². The molecule has 3 heteroatoms. The highest BCUT2D eigenvalue weighted by Gasteiger charge is 2.26. The minimum absolute atomic E-state index is 0.135. The molecule has 0 unspecified atom stereocenters. The Labute approximate surface area is 128 Å². The molecular formula is C18H28N2O. The normalized spacial score (nSPS) is 15.9. The van der Waals surface area contributed by atoms with Crippen molar-refractivity contribution in [1.29, 1.82) is 0 Å². The summed E-state index contributed by atoms with van der Waals surface area (Å²) in [5.41, 5.74) is 2.41. The van der Waals surface area contributed by atoms with Gasteiger partial charge in [-0.3, -0.25) is 9.69 Å². The van der Waals surface area contributed by atoms with Gasteiger partial charge in [0.1, 0.15) is 0 Å². The quantitative estimate of drug-likeness (QED) is 0.871. The van der Waals surface area contributed by atoms with Crippen LogP contribution in [0.1, 0.15) is 50.7 Å². The van der Waals surface area contributed by atoms with E-state index >= 15 is 0 Å². The first kappa shape index (κ1) is 16.0. The minimum atomic E-state index is 0.135. The Kier molecular flexibility index (Phi) is 5.80. The smallest absolute Gasteiger partial charge is 0.234 e. The van der Waals surface area contributed by atoms with Crippen molar-refractivity contribution in [3.05, 3.63) is 35.4 Å². The lowest BCUT2D eigenvalue weighted by molar-refractivity contribution is -0.123. The summed E-state index contributed by atoms with van der Waals surface area (Å²) in [7, 11) is 0. The lowest BCUT2D eigenvalue weighted by atomic mass is 10.1. The Balaban J connectivity index is 1.83. The molecule has 0 radical (unpaired) electrons. The van der Waals surface area contributed by atoms with E-state index in [2.05, 4.69) is 55.3 Å². The molecule has 0 aromatic heterocycles. The van der Waals surface area contributed by atoms with Crippen LogP contribution in [-0.4, -0.2) is 29.4 Å². The molecule has 1 amide bonds. The SMILES string of the molecule is Cc1ccc(CNC(=O)CN(C(C)C)C2CCCC2)cc1. The van der Waals surface area contributed by atoms with Crippen molar-refractivity contribution < 1.29 is 4.79 Å². The van der Waals surface area contributed by atoms with Crippen LogP contribution in [-0.2, 0) is 11.3 Å². The van der Waals surface area contributed by atoms with Gasteiger partial charge in [0.25, 0.3) is 0 Å². The van der Waals surface area contributed by atoms with Crippen LogP contribution in [0.4, 0.5) is 0 Å². The third kappa shape index (κ3) is 4.85. The van der Waals surface area contributed by atoms with Crippen LogP contribution in [0.5, 0.6) is 0 Å².